The van der Waals surface area contributed by atoms with Crippen LogP contribution in [-0.2, 0) is 18.4 Å². The van der Waals surface area contributed by atoms with Crippen molar-refractivity contribution in [1.29, 1.82) is 0 Å². The third kappa shape index (κ3) is 5.98. The van der Waals surface area contributed by atoms with Crippen molar-refractivity contribution in [2.45, 2.75) is 39.0 Å². The Hall–Kier alpha value is -0.320. The first-order chi connectivity index (χ1) is 9.35. The van der Waals surface area contributed by atoms with Gasteiger partial charge in [0.1, 0.15) is 0 Å². The summed E-state index contributed by atoms with van der Waals surface area (Å²) in [5.74, 6) is 0.138. The third-order valence-electron chi connectivity index (χ3n) is 3.49. The van der Waals surface area contributed by atoms with Crippen molar-refractivity contribution in [3.63, 3.8) is 0 Å². The number of ketones is 1. The van der Waals surface area contributed by atoms with E-state index < -0.39 is 7.51 Å². The van der Waals surface area contributed by atoms with Crippen LogP contribution in [0.3, 0.4) is 0 Å². The van der Waals surface area contributed by atoms with Gasteiger partial charge in [-0.3, -0.25) is 0 Å². The van der Waals surface area contributed by atoms with Gasteiger partial charge >= 0.3 is 121 Å². The SMILES string of the molecule is C=CCCCCC(CCOP1(C)(O)OCCO1)C(C)=O. The van der Waals surface area contributed by atoms with E-state index >= 15 is 0 Å². The molecule has 20 heavy (non-hydrogen) atoms. The van der Waals surface area contributed by atoms with Gasteiger partial charge in [-0.15, -0.1) is 0 Å². The van der Waals surface area contributed by atoms with Gasteiger partial charge in [0.2, 0.25) is 0 Å². The van der Waals surface area contributed by atoms with E-state index in [-0.39, 0.29) is 18.3 Å². The molecule has 0 aromatic heterocycles. The fraction of sp³-hybridized carbons (Fsp3) is 0.786. The zero-order chi connectivity index (χ0) is 15.1. The summed E-state index contributed by atoms with van der Waals surface area (Å²) in [6, 6.07) is 0. The molecule has 1 aliphatic heterocycles. The minimum atomic E-state index is -3.83. The van der Waals surface area contributed by atoms with Crippen molar-refractivity contribution >= 4 is 13.3 Å². The number of allylic oxidation sites excluding steroid dienone is 1. The molecule has 1 fully saturated rings. The number of Topliss-reactive ketones (excluding diaryl/α,β-unsaturated/α-hetero) is 1. The van der Waals surface area contributed by atoms with E-state index in [1.165, 1.54) is 6.66 Å². The molecule has 5 nitrogen and oxygen atoms in total. The van der Waals surface area contributed by atoms with Crippen molar-refractivity contribution in [3.05, 3.63) is 12.7 Å². The van der Waals surface area contributed by atoms with Gasteiger partial charge in [-0.2, -0.15) is 0 Å². The summed E-state index contributed by atoms with van der Waals surface area (Å²) < 4.78 is 15.9. The topological polar surface area (TPSA) is 65.0 Å². The Bertz CT molecular complexity index is 332. The van der Waals surface area contributed by atoms with Gasteiger partial charge in [0.05, 0.1) is 0 Å². The Kier molecular flexibility index (Phi) is 6.76. The molecule has 0 bridgehead atoms. The van der Waals surface area contributed by atoms with Crippen molar-refractivity contribution < 1.29 is 23.3 Å². The van der Waals surface area contributed by atoms with E-state index in [2.05, 4.69) is 6.58 Å². The molecule has 0 aromatic carbocycles. The van der Waals surface area contributed by atoms with Gasteiger partial charge in [0, 0.05) is 0 Å². The molecular weight excluding hydrogens is 279 g/mol. The van der Waals surface area contributed by atoms with Crippen LogP contribution in [0.2, 0.25) is 0 Å². The monoisotopic (exact) mass is 306 g/mol. The molecule has 1 N–H and O–H groups in total. The quantitative estimate of drug-likeness (QED) is 0.381. The molecule has 0 spiro atoms. The van der Waals surface area contributed by atoms with Gasteiger partial charge in [0.15, 0.2) is 0 Å². The van der Waals surface area contributed by atoms with E-state index in [4.69, 9.17) is 13.6 Å². The van der Waals surface area contributed by atoms with E-state index in [1.54, 1.807) is 6.92 Å². The van der Waals surface area contributed by atoms with E-state index in [0.29, 0.717) is 19.6 Å². The average Bonchev–Trinajstić information content (AvgIpc) is 2.74. The number of carbonyl (C=O) groups excluding carboxylic acids is 1. The molecule has 1 unspecified atom stereocenters. The summed E-state index contributed by atoms with van der Waals surface area (Å²) >= 11 is 0. The van der Waals surface area contributed by atoms with Crippen LogP contribution in [0.15, 0.2) is 12.7 Å². The first kappa shape index (κ1) is 17.7. The molecule has 1 rings (SSSR count). The fourth-order valence-electron chi connectivity index (χ4n) is 2.23. The Labute approximate surface area is 121 Å². The van der Waals surface area contributed by atoms with Crippen molar-refractivity contribution in [2.75, 3.05) is 26.5 Å². The zero-order valence-electron chi connectivity index (χ0n) is 12.5. The van der Waals surface area contributed by atoms with Gasteiger partial charge in [0.25, 0.3) is 0 Å². The maximum absolute atomic E-state index is 11.6. The van der Waals surface area contributed by atoms with Crippen molar-refractivity contribution in [3.8, 4) is 0 Å². The van der Waals surface area contributed by atoms with Crippen LogP contribution in [0.4, 0.5) is 0 Å². The van der Waals surface area contributed by atoms with Crippen LogP contribution in [0.5, 0.6) is 0 Å². The van der Waals surface area contributed by atoms with Crippen LogP contribution in [-0.4, -0.2) is 37.2 Å². The summed E-state index contributed by atoms with van der Waals surface area (Å²) in [4.78, 5) is 21.8. The number of carbonyl (C=O) groups is 1. The Balaban J connectivity index is 2.32. The summed E-state index contributed by atoms with van der Waals surface area (Å²) in [5, 5.41) is 0. The third-order valence-corrected chi connectivity index (χ3v) is 5.79. The van der Waals surface area contributed by atoms with Gasteiger partial charge in [-0.1, -0.05) is 0 Å². The average molecular weight is 306 g/mol. The van der Waals surface area contributed by atoms with Gasteiger partial charge in [-0.05, 0) is 0 Å². The second-order valence-corrected chi connectivity index (χ2v) is 8.59. The molecule has 1 heterocycles. The summed E-state index contributed by atoms with van der Waals surface area (Å²) in [7, 11) is -3.83. The molecular formula is C14H27O5P. The molecule has 1 saturated heterocycles. The number of hydrogen-bond donors (Lipinski definition) is 1. The molecule has 0 aliphatic carbocycles. The molecule has 0 aromatic rings. The summed E-state index contributed by atoms with van der Waals surface area (Å²) in [6.45, 7) is 7.74. The standard InChI is InChI=1S/C14H27O5P/c1-4-5-6-7-8-14(13(2)15)9-10-17-20(3,16)18-11-12-19-20/h4,14,16H,1,5-12H2,2-3H3. The Morgan fingerprint density at radius 2 is 2.05 bits per heavy atom. The first-order valence-corrected chi connectivity index (χ1v) is 9.58. The zero-order valence-corrected chi connectivity index (χ0v) is 13.4. The molecule has 118 valence electrons. The predicted molar refractivity (Wildman–Crippen MR) is 80.4 cm³/mol. The van der Waals surface area contributed by atoms with Crippen molar-refractivity contribution in [2.24, 2.45) is 5.92 Å². The van der Waals surface area contributed by atoms with E-state index in [0.717, 1.165) is 25.7 Å². The molecule has 1 aliphatic rings. The van der Waals surface area contributed by atoms with Crippen molar-refractivity contribution in [1.82, 2.24) is 0 Å². The molecule has 0 amide bonds. The van der Waals surface area contributed by atoms with E-state index in [9.17, 15) is 9.69 Å². The summed E-state index contributed by atoms with van der Waals surface area (Å²) in [6.07, 6.45) is 6.35. The molecule has 6 heteroatoms. The number of hydrogen-bond acceptors (Lipinski definition) is 5. The first-order valence-electron chi connectivity index (χ1n) is 7.19. The molecule has 0 radical (unpaired) electrons. The summed E-state index contributed by atoms with van der Waals surface area (Å²) in [5.41, 5.74) is 0. The minimum absolute atomic E-state index is 0.0269. The van der Waals surface area contributed by atoms with Gasteiger partial charge in [-0.25, -0.2) is 0 Å². The predicted octanol–water partition coefficient (Wildman–Crippen LogP) is 3.23. The Morgan fingerprint density at radius 3 is 2.60 bits per heavy atom. The van der Waals surface area contributed by atoms with Crippen LogP contribution >= 0.6 is 7.51 Å². The molecule has 0 saturated carbocycles. The van der Waals surface area contributed by atoms with Crippen LogP contribution < -0.4 is 0 Å². The van der Waals surface area contributed by atoms with Gasteiger partial charge < -0.3 is 0 Å². The second-order valence-electron chi connectivity index (χ2n) is 5.39. The fourth-order valence-corrected chi connectivity index (χ4v) is 3.95. The van der Waals surface area contributed by atoms with Crippen LogP contribution in [0, 0.1) is 5.92 Å². The Morgan fingerprint density at radius 1 is 1.40 bits per heavy atom. The normalized spacial score (nSPS) is 23.6. The van der Waals surface area contributed by atoms with Crippen LogP contribution in [0.25, 0.3) is 0 Å². The van der Waals surface area contributed by atoms with E-state index in [1.807, 2.05) is 6.08 Å². The number of unbranched alkanes of at least 4 members (excludes halogenated alkanes) is 2. The van der Waals surface area contributed by atoms with Crippen LogP contribution in [0.1, 0.15) is 39.0 Å². The number of rotatable bonds is 10. The molecule has 1 atom stereocenters. The second kappa shape index (κ2) is 7.62. The maximum atomic E-state index is 11.6.